The Kier molecular flexibility index (Phi) is 4.43. The van der Waals surface area contributed by atoms with Crippen LogP contribution in [0.3, 0.4) is 0 Å². The fourth-order valence-electron chi connectivity index (χ4n) is 1.10. The molecule has 0 aliphatic carbocycles. The van der Waals surface area contributed by atoms with Crippen LogP contribution < -0.4 is 0 Å². The summed E-state index contributed by atoms with van der Waals surface area (Å²) in [7, 11) is 0. The summed E-state index contributed by atoms with van der Waals surface area (Å²) in [5.74, 6) is -0.369. The summed E-state index contributed by atoms with van der Waals surface area (Å²) < 4.78 is 4.93. The number of carbonyl (C=O) groups is 1. The molecule has 1 N–H and O–H groups in total. The van der Waals surface area contributed by atoms with Gasteiger partial charge in [0.05, 0.1) is 6.61 Å². The van der Waals surface area contributed by atoms with Crippen molar-refractivity contribution in [3.63, 3.8) is 0 Å². The molecular formula is C12H17NO3. The van der Waals surface area contributed by atoms with Crippen LogP contribution >= 0.6 is 0 Å². The van der Waals surface area contributed by atoms with Crippen LogP contribution in [0.15, 0.2) is 18.3 Å². The van der Waals surface area contributed by atoms with Crippen molar-refractivity contribution in [2.75, 3.05) is 6.61 Å². The number of hydrogen-bond acceptors (Lipinski definition) is 4. The zero-order valence-electron chi connectivity index (χ0n) is 9.80. The molecule has 1 unspecified atom stereocenters. The molecule has 0 saturated heterocycles. The van der Waals surface area contributed by atoms with E-state index in [-0.39, 0.29) is 5.92 Å². The number of pyridine rings is 1. The zero-order valence-corrected chi connectivity index (χ0v) is 9.80. The van der Waals surface area contributed by atoms with Gasteiger partial charge in [0, 0.05) is 17.5 Å². The molecule has 0 fully saturated rings. The molecule has 0 bridgehead atoms. The number of ether oxygens (including phenoxy) is 1. The number of carbonyl (C=O) groups excluding carboxylic acids is 1. The molecule has 16 heavy (non-hydrogen) atoms. The fourth-order valence-corrected chi connectivity index (χ4v) is 1.10. The van der Waals surface area contributed by atoms with Gasteiger partial charge in [-0.3, -0.25) is 4.98 Å². The van der Waals surface area contributed by atoms with Gasteiger partial charge in [-0.15, -0.1) is 0 Å². The lowest BCUT2D eigenvalue weighted by Crippen LogP contribution is -2.18. The first kappa shape index (κ1) is 12.6. The molecule has 0 amide bonds. The van der Waals surface area contributed by atoms with Gasteiger partial charge in [0.25, 0.3) is 0 Å². The van der Waals surface area contributed by atoms with Gasteiger partial charge in [-0.25, -0.2) is 4.79 Å². The van der Waals surface area contributed by atoms with Crippen molar-refractivity contribution >= 4 is 5.97 Å². The lowest BCUT2D eigenvalue weighted by molar-refractivity contribution is -0.155. The lowest BCUT2D eigenvalue weighted by atomic mass is 10.1. The maximum atomic E-state index is 11.4. The Hall–Kier alpha value is -1.42. The lowest BCUT2D eigenvalue weighted by Gasteiger charge is -2.12. The molecule has 1 heterocycles. The van der Waals surface area contributed by atoms with Crippen LogP contribution in [-0.4, -0.2) is 22.7 Å². The molecule has 0 aliphatic rings. The van der Waals surface area contributed by atoms with E-state index in [1.54, 1.807) is 12.1 Å². The van der Waals surface area contributed by atoms with Gasteiger partial charge < -0.3 is 9.84 Å². The maximum absolute atomic E-state index is 11.4. The van der Waals surface area contributed by atoms with Crippen LogP contribution in [0.1, 0.15) is 31.2 Å². The number of esters is 1. The summed E-state index contributed by atoms with van der Waals surface area (Å²) in [6, 6.07) is 3.41. The molecule has 4 nitrogen and oxygen atoms in total. The Labute approximate surface area is 95.3 Å². The summed E-state index contributed by atoms with van der Waals surface area (Å²) in [4.78, 5) is 15.4. The minimum atomic E-state index is -1.24. The third-order valence-corrected chi connectivity index (χ3v) is 2.03. The smallest absolute Gasteiger partial charge is 0.339 e. The van der Waals surface area contributed by atoms with Gasteiger partial charge in [-0.05, 0) is 18.9 Å². The number of aliphatic hydroxyl groups excluding tert-OH is 1. The molecular weight excluding hydrogens is 206 g/mol. The minimum Gasteiger partial charge on any atom is -0.463 e. The molecule has 1 aromatic rings. The van der Waals surface area contributed by atoms with E-state index in [1.165, 1.54) is 6.20 Å². The SMILES string of the molecule is Cc1ccc(C(O)C(=O)OCC(C)C)cn1. The van der Waals surface area contributed by atoms with E-state index >= 15 is 0 Å². The molecule has 1 atom stereocenters. The molecule has 1 rings (SSSR count). The van der Waals surface area contributed by atoms with Crippen molar-refractivity contribution in [1.29, 1.82) is 0 Å². The predicted octanol–water partition coefficient (Wildman–Crippen LogP) is 1.62. The molecule has 1 aromatic heterocycles. The van der Waals surface area contributed by atoms with E-state index in [9.17, 15) is 9.90 Å². The Bertz CT molecular complexity index is 346. The molecule has 0 radical (unpaired) electrons. The van der Waals surface area contributed by atoms with Crippen LogP contribution in [0.4, 0.5) is 0 Å². The van der Waals surface area contributed by atoms with Gasteiger partial charge >= 0.3 is 5.97 Å². The van der Waals surface area contributed by atoms with Crippen LogP contribution in [-0.2, 0) is 9.53 Å². The second kappa shape index (κ2) is 5.61. The van der Waals surface area contributed by atoms with Crippen LogP contribution in [0.5, 0.6) is 0 Å². The van der Waals surface area contributed by atoms with E-state index in [2.05, 4.69) is 4.98 Å². The van der Waals surface area contributed by atoms with Crippen molar-refractivity contribution in [3.8, 4) is 0 Å². The van der Waals surface area contributed by atoms with Gasteiger partial charge in [0.15, 0.2) is 6.10 Å². The summed E-state index contributed by atoms with van der Waals surface area (Å²) in [5.41, 5.74) is 1.30. The second-order valence-corrected chi connectivity index (χ2v) is 4.16. The van der Waals surface area contributed by atoms with E-state index in [1.807, 2.05) is 20.8 Å². The number of aliphatic hydroxyl groups is 1. The third-order valence-electron chi connectivity index (χ3n) is 2.03. The fraction of sp³-hybridized carbons (Fsp3) is 0.500. The normalized spacial score (nSPS) is 12.6. The highest BCUT2D eigenvalue weighted by molar-refractivity contribution is 5.76. The zero-order chi connectivity index (χ0) is 12.1. The highest BCUT2D eigenvalue weighted by Crippen LogP contribution is 2.13. The number of nitrogens with zero attached hydrogens (tertiary/aromatic N) is 1. The van der Waals surface area contributed by atoms with Gasteiger partial charge in [-0.1, -0.05) is 19.9 Å². The summed E-state index contributed by atoms with van der Waals surface area (Å²) in [6.07, 6.45) is 0.239. The van der Waals surface area contributed by atoms with Crippen molar-refractivity contribution in [1.82, 2.24) is 4.98 Å². The molecule has 0 spiro atoms. The highest BCUT2D eigenvalue weighted by atomic mass is 16.5. The Morgan fingerprint density at radius 2 is 2.19 bits per heavy atom. The molecule has 0 aromatic carbocycles. The average Bonchev–Trinajstić information content (AvgIpc) is 2.26. The first-order valence-corrected chi connectivity index (χ1v) is 5.28. The van der Waals surface area contributed by atoms with E-state index < -0.39 is 12.1 Å². The second-order valence-electron chi connectivity index (χ2n) is 4.16. The highest BCUT2D eigenvalue weighted by Gasteiger charge is 2.19. The standard InChI is InChI=1S/C12H17NO3/c1-8(2)7-16-12(15)11(14)10-5-4-9(3)13-6-10/h4-6,8,11,14H,7H2,1-3H3. The molecule has 88 valence electrons. The number of aromatic nitrogens is 1. The maximum Gasteiger partial charge on any atom is 0.339 e. The van der Waals surface area contributed by atoms with Gasteiger partial charge in [0.1, 0.15) is 0 Å². The van der Waals surface area contributed by atoms with E-state index in [4.69, 9.17) is 4.74 Å². The Morgan fingerprint density at radius 3 is 2.69 bits per heavy atom. The quantitative estimate of drug-likeness (QED) is 0.788. The minimum absolute atomic E-state index is 0.257. The topological polar surface area (TPSA) is 59.4 Å². The molecule has 0 saturated carbocycles. The summed E-state index contributed by atoms with van der Waals surface area (Å²) in [5, 5.41) is 9.68. The summed E-state index contributed by atoms with van der Waals surface area (Å²) >= 11 is 0. The average molecular weight is 223 g/mol. The number of rotatable bonds is 4. The van der Waals surface area contributed by atoms with E-state index in [0.29, 0.717) is 12.2 Å². The molecule has 4 heteroatoms. The van der Waals surface area contributed by atoms with Crippen LogP contribution in [0, 0.1) is 12.8 Å². The number of aryl methyl sites for hydroxylation is 1. The van der Waals surface area contributed by atoms with Crippen molar-refractivity contribution in [2.24, 2.45) is 5.92 Å². The third kappa shape index (κ3) is 3.62. The van der Waals surface area contributed by atoms with E-state index in [0.717, 1.165) is 5.69 Å². The molecule has 0 aliphatic heterocycles. The van der Waals surface area contributed by atoms with Gasteiger partial charge in [0.2, 0.25) is 0 Å². The van der Waals surface area contributed by atoms with Crippen molar-refractivity contribution in [2.45, 2.75) is 26.9 Å². The summed E-state index contributed by atoms with van der Waals surface area (Å²) in [6.45, 7) is 6.03. The number of hydrogen-bond donors (Lipinski definition) is 1. The van der Waals surface area contributed by atoms with Crippen molar-refractivity contribution in [3.05, 3.63) is 29.6 Å². The van der Waals surface area contributed by atoms with Crippen LogP contribution in [0.25, 0.3) is 0 Å². The monoisotopic (exact) mass is 223 g/mol. The first-order valence-electron chi connectivity index (χ1n) is 5.28. The Morgan fingerprint density at radius 1 is 1.50 bits per heavy atom. The van der Waals surface area contributed by atoms with Crippen LogP contribution in [0.2, 0.25) is 0 Å². The Balaban J connectivity index is 2.59. The first-order chi connectivity index (χ1) is 7.50. The van der Waals surface area contributed by atoms with Gasteiger partial charge in [-0.2, -0.15) is 0 Å². The largest absolute Gasteiger partial charge is 0.463 e. The predicted molar refractivity (Wildman–Crippen MR) is 59.7 cm³/mol. The van der Waals surface area contributed by atoms with Crippen molar-refractivity contribution < 1.29 is 14.6 Å².